The van der Waals surface area contributed by atoms with Crippen LogP contribution in [0.4, 0.5) is 5.13 Å². The highest BCUT2D eigenvalue weighted by atomic mass is 79.9. The molecule has 1 aliphatic heterocycles. The number of hydrogen-bond acceptors (Lipinski definition) is 5. The molecule has 0 aliphatic carbocycles. The topological polar surface area (TPSA) is 79.4 Å². The van der Waals surface area contributed by atoms with Crippen molar-refractivity contribution in [3.63, 3.8) is 0 Å². The van der Waals surface area contributed by atoms with E-state index in [9.17, 15) is 13.2 Å². The van der Waals surface area contributed by atoms with E-state index >= 15 is 0 Å². The second-order valence-electron chi connectivity index (χ2n) is 6.76. The van der Waals surface area contributed by atoms with Gasteiger partial charge < -0.3 is 5.32 Å². The molecule has 1 saturated heterocycles. The van der Waals surface area contributed by atoms with Crippen LogP contribution in [0.5, 0.6) is 0 Å². The van der Waals surface area contributed by atoms with E-state index in [1.165, 1.54) is 39.9 Å². The zero-order valence-corrected chi connectivity index (χ0v) is 19.6. The minimum absolute atomic E-state index is 0.123. The Bertz CT molecular complexity index is 1160. The molecule has 0 radical (unpaired) electrons. The van der Waals surface area contributed by atoms with Gasteiger partial charge in [0.25, 0.3) is 0 Å². The second kappa shape index (κ2) is 8.76. The predicted octanol–water partition coefficient (Wildman–Crippen LogP) is 5.02. The van der Waals surface area contributed by atoms with Crippen molar-refractivity contribution >= 4 is 59.9 Å². The Labute approximate surface area is 192 Å². The minimum atomic E-state index is -3.79. The van der Waals surface area contributed by atoms with E-state index in [0.29, 0.717) is 29.5 Å². The first-order chi connectivity index (χ1) is 14.3. The Balaban J connectivity index is 1.50. The molecule has 0 bridgehead atoms. The molecule has 3 aromatic rings. The maximum absolute atomic E-state index is 13.0. The Morgan fingerprint density at radius 3 is 2.57 bits per heavy atom. The Kier molecular flexibility index (Phi) is 6.26. The third kappa shape index (κ3) is 4.45. The van der Waals surface area contributed by atoms with Gasteiger partial charge >= 0.3 is 0 Å². The monoisotopic (exact) mass is 525 g/mol. The van der Waals surface area contributed by atoms with Crippen molar-refractivity contribution in [2.24, 2.45) is 0 Å². The van der Waals surface area contributed by atoms with Crippen LogP contribution in [0.15, 0.2) is 63.3 Å². The summed E-state index contributed by atoms with van der Waals surface area (Å²) < 4.78 is 28.3. The fourth-order valence-electron chi connectivity index (χ4n) is 3.30. The van der Waals surface area contributed by atoms with Crippen LogP contribution in [0.1, 0.15) is 12.8 Å². The number of aromatic nitrogens is 1. The van der Waals surface area contributed by atoms with Gasteiger partial charge in [0.2, 0.25) is 15.9 Å². The summed E-state index contributed by atoms with van der Waals surface area (Å²) >= 11 is 10.6. The molecular weight excluding hydrogens is 510 g/mol. The van der Waals surface area contributed by atoms with Gasteiger partial charge in [-0.3, -0.25) is 4.79 Å². The van der Waals surface area contributed by atoms with E-state index in [4.69, 9.17) is 11.6 Å². The number of benzene rings is 2. The third-order valence-electron chi connectivity index (χ3n) is 4.80. The summed E-state index contributed by atoms with van der Waals surface area (Å²) in [6.07, 6.45) is 1.08. The lowest BCUT2D eigenvalue weighted by Gasteiger charge is -2.23. The summed E-state index contributed by atoms with van der Waals surface area (Å²) in [6, 6.07) is 12.9. The summed E-state index contributed by atoms with van der Waals surface area (Å²) in [7, 11) is -3.79. The average molecular weight is 527 g/mol. The molecule has 1 amide bonds. The number of hydrogen-bond donors (Lipinski definition) is 1. The highest BCUT2D eigenvalue weighted by Crippen LogP contribution is 2.30. The fraction of sp³-hybridized carbons (Fsp3) is 0.200. The van der Waals surface area contributed by atoms with Gasteiger partial charge in [0.1, 0.15) is 6.04 Å². The number of sulfonamides is 1. The zero-order valence-electron chi connectivity index (χ0n) is 15.6. The van der Waals surface area contributed by atoms with Crippen LogP contribution in [0.3, 0.4) is 0 Å². The largest absolute Gasteiger partial charge is 0.301 e. The summed E-state index contributed by atoms with van der Waals surface area (Å²) in [4.78, 5) is 17.5. The summed E-state index contributed by atoms with van der Waals surface area (Å²) in [5.74, 6) is -0.373. The molecular formula is C20H17BrClN3O3S2. The number of carbonyl (C=O) groups excluding carboxylic acids is 1. The lowest BCUT2D eigenvalue weighted by Crippen LogP contribution is -2.43. The van der Waals surface area contributed by atoms with Gasteiger partial charge in [-0.2, -0.15) is 4.31 Å². The van der Waals surface area contributed by atoms with Crippen molar-refractivity contribution in [2.75, 3.05) is 11.9 Å². The summed E-state index contributed by atoms with van der Waals surface area (Å²) in [5.41, 5.74) is 1.68. The van der Waals surface area contributed by atoms with E-state index in [0.717, 1.165) is 15.7 Å². The number of nitrogens with one attached hydrogen (secondary N) is 1. The molecule has 1 fully saturated rings. The lowest BCUT2D eigenvalue weighted by molar-refractivity contribution is -0.119. The van der Waals surface area contributed by atoms with E-state index in [1.54, 1.807) is 0 Å². The van der Waals surface area contributed by atoms with Crippen LogP contribution in [0.2, 0.25) is 5.02 Å². The van der Waals surface area contributed by atoms with E-state index in [1.807, 2.05) is 29.6 Å². The van der Waals surface area contributed by atoms with Crippen LogP contribution in [0, 0.1) is 0 Å². The van der Waals surface area contributed by atoms with Crippen molar-refractivity contribution in [3.8, 4) is 11.3 Å². The van der Waals surface area contributed by atoms with Crippen LogP contribution in [-0.2, 0) is 14.8 Å². The molecule has 1 aliphatic rings. The third-order valence-corrected chi connectivity index (χ3v) is 8.26. The van der Waals surface area contributed by atoms with Crippen molar-refractivity contribution in [1.82, 2.24) is 9.29 Å². The van der Waals surface area contributed by atoms with Gasteiger partial charge in [-0.05, 0) is 49.2 Å². The molecule has 4 rings (SSSR count). The first-order valence-corrected chi connectivity index (χ1v) is 12.6. The predicted molar refractivity (Wildman–Crippen MR) is 122 cm³/mol. The number of halogens is 2. The van der Waals surface area contributed by atoms with Crippen LogP contribution in [-0.4, -0.2) is 36.2 Å². The highest BCUT2D eigenvalue weighted by molar-refractivity contribution is 9.10. The van der Waals surface area contributed by atoms with E-state index < -0.39 is 16.1 Å². The molecule has 1 N–H and O–H groups in total. The first kappa shape index (κ1) is 21.5. The number of thiazole rings is 1. The average Bonchev–Trinajstić information content (AvgIpc) is 3.39. The Morgan fingerprint density at radius 1 is 1.17 bits per heavy atom. The molecule has 30 heavy (non-hydrogen) atoms. The number of amides is 1. The van der Waals surface area contributed by atoms with Crippen LogP contribution < -0.4 is 5.32 Å². The van der Waals surface area contributed by atoms with Gasteiger partial charge in [-0.15, -0.1) is 11.3 Å². The SMILES string of the molecule is O=C(Nc1nc(-c2ccc(Br)cc2)cs1)C1CCCN1S(=O)(=O)c1ccc(Cl)cc1. The van der Waals surface area contributed by atoms with Gasteiger partial charge in [0.15, 0.2) is 5.13 Å². The van der Waals surface area contributed by atoms with Gasteiger partial charge in [0, 0.05) is 27.0 Å². The Morgan fingerprint density at radius 2 is 1.87 bits per heavy atom. The van der Waals surface area contributed by atoms with Crippen LogP contribution in [0.25, 0.3) is 11.3 Å². The molecule has 2 aromatic carbocycles. The first-order valence-electron chi connectivity index (χ1n) is 9.14. The summed E-state index contributed by atoms with van der Waals surface area (Å²) in [5, 5.41) is 5.53. The number of carbonyl (C=O) groups is 1. The second-order valence-corrected chi connectivity index (χ2v) is 10.9. The zero-order chi connectivity index (χ0) is 21.3. The quantitative estimate of drug-likeness (QED) is 0.506. The normalized spacial score (nSPS) is 17.2. The fourth-order valence-corrected chi connectivity index (χ4v) is 6.07. The van der Waals surface area contributed by atoms with E-state index in [2.05, 4.69) is 26.2 Å². The number of nitrogens with zero attached hydrogens (tertiary/aromatic N) is 2. The molecule has 2 heterocycles. The van der Waals surface area contributed by atoms with Crippen LogP contribution >= 0.6 is 38.9 Å². The van der Waals surface area contributed by atoms with Crippen molar-refractivity contribution in [1.29, 1.82) is 0 Å². The van der Waals surface area contributed by atoms with Crippen molar-refractivity contribution in [2.45, 2.75) is 23.8 Å². The molecule has 0 saturated carbocycles. The van der Waals surface area contributed by atoms with Gasteiger partial charge in [-0.1, -0.05) is 39.7 Å². The summed E-state index contributed by atoms with van der Waals surface area (Å²) in [6.45, 7) is 0.297. The van der Waals surface area contributed by atoms with Crippen molar-refractivity contribution < 1.29 is 13.2 Å². The Hall–Kier alpha value is -1.78. The molecule has 6 nitrogen and oxygen atoms in total. The number of anilines is 1. The maximum Gasteiger partial charge on any atom is 0.244 e. The minimum Gasteiger partial charge on any atom is -0.301 e. The molecule has 156 valence electrons. The molecule has 1 aromatic heterocycles. The van der Waals surface area contributed by atoms with E-state index in [-0.39, 0.29) is 10.8 Å². The van der Waals surface area contributed by atoms with Gasteiger partial charge in [-0.25, -0.2) is 13.4 Å². The molecule has 0 spiro atoms. The van der Waals surface area contributed by atoms with Crippen molar-refractivity contribution in [3.05, 3.63) is 63.4 Å². The van der Waals surface area contributed by atoms with Gasteiger partial charge in [0.05, 0.1) is 10.6 Å². The number of rotatable bonds is 5. The standard InChI is InChI=1S/C20H17BrClN3O3S2/c21-14-5-3-13(4-6-14)17-12-29-20(23-17)24-19(26)18-2-1-11-25(18)30(27,28)16-9-7-15(22)8-10-16/h3-10,12,18H,1-2,11H2,(H,23,24,26). The molecule has 10 heteroatoms. The molecule has 1 atom stereocenters. The maximum atomic E-state index is 13.0. The molecule has 1 unspecified atom stereocenters. The highest BCUT2D eigenvalue weighted by Gasteiger charge is 2.39. The smallest absolute Gasteiger partial charge is 0.244 e. The lowest BCUT2D eigenvalue weighted by atomic mass is 10.2.